The third-order valence-corrected chi connectivity index (χ3v) is 4.61. The molecule has 0 aliphatic carbocycles. The number of hydrogen-bond donors (Lipinski definition) is 2. The lowest BCUT2D eigenvalue weighted by atomic mass is 10.0. The fraction of sp³-hybridized carbons (Fsp3) is 0.500. The zero-order chi connectivity index (χ0) is 16.1. The number of carbonyl (C=O) groups excluding carboxylic acids is 1. The lowest BCUT2D eigenvalue weighted by molar-refractivity contribution is -0.122. The van der Waals surface area contributed by atoms with Crippen molar-refractivity contribution in [1.82, 2.24) is 10.0 Å². The van der Waals surface area contributed by atoms with E-state index >= 15 is 0 Å². The summed E-state index contributed by atoms with van der Waals surface area (Å²) >= 11 is 0. The van der Waals surface area contributed by atoms with Crippen molar-refractivity contribution in [3.05, 3.63) is 30.1 Å². The van der Waals surface area contributed by atoms with Gasteiger partial charge in [0.25, 0.3) is 0 Å². The third kappa shape index (κ3) is 5.81. The summed E-state index contributed by atoms with van der Waals surface area (Å²) in [6.45, 7) is 5.74. The summed E-state index contributed by atoms with van der Waals surface area (Å²) in [6, 6.07) is 4.51. The van der Waals surface area contributed by atoms with Gasteiger partial charge in [0.05, 0.1) is 4.90 Å². The average molecular weight is 316 g/mol. The maximum Gasteiger partial charge on any atom is 0.240 e. The zero-order valence-electron chi connectivity index (χ0n) is 12.4. The molecule has 0 saturated heterocycles. The first kappa shape index (κ1) is 17.6. The average Bonchev–Trinajstić information content (AvgIpc) is 2.38. The summed E-state index contributed by atoms with van der Waals surface area (Å²) in [5.74, 6) is -0.723. The Balaban J connectivity index is 2.51. The van der Waals surface area contributed by atoms with E-state index in [4.69, 9.17) is 0 Å². The number of sulfonamides is 1. The van der Waals surface area contributed by atoms with Gasteiger partial charge in [-0.2, -0.15) is 0 Å². The van der Waals surface area contributed by atoms with Gasteiger partial charge in [0.15, 0.2) is 0 Å². The predicted octanol–water partition coefficient (Wildman–Crippen LogP) is 1.80. The number of nitrogens with one attached hydrogen (secondary N) is 2. The smallest absolute Gasteiger partial charge is 0.240 e. The SMILES string of the molecule is CCC(C)(C)NC(=O)CCNS(=O)(=O)c1ccc(F)cc1. The Labute approximate surface area is 125 Å². The van der Waals surface area contributed by atoms with Crippen LogP contribution in [0, 0.1) is 5.82 Å². The van der Waals surface area contributed by atoms with Crippen LogP contribution >= 0.6 is 0 Å². The van der Waals surface area contributed by atoms with Gasteiger partial charge < -0.3 is 5.32 Å². The molecule has 5 nitrogen and oxygen atoms in total. The van der Waals surface area contributed by atoms with E-state index in [1.165, 1.54) is 12.1 Å². The van der Waals surface area contributed by atoms with Crippen LogP contribution in [0.25, 0.3) is 0 Å². The van der Waals surface area contributed by atoms with Crippen molar-refractivity contribution in [1.29, 1.82) is 0 Å². The van der Waals surface area contributed by atoms with Crippen LogP contribution in [0.1, 0.15) is 33.6 Å². The van der Waals surface area contributed by atoms with Gasteiger partial charge in [-0.05, 0) is 44.5 Å². The normalized spacial score (nSPS) is 12.2. The maximum atomic E-state index is 12.8. The standard InChI is InChI=1S/C14H21FN2O3S/c1-4-14(2,3)17-13(18)9-10-16-21(19,20)12-7-5-11(15)6-8-12/h5-8,16H,4,9-10H2,1-3H3,(H,17,18). The van der Waals surface area contributed by atoms with Crippen LogP contribution in [0.5, 0.6) is 0 Å². The van der Waals surface area contributed by atoms with Crippen LogP contribution in [0.3, 0.4) is 0 Å². The van der Waals surface area contributed by atoms with E-state index in [9.17, 15) is 17.6 Å². The molecule has 1 aromatic carbocycles. The van der Waals surface area contributed by atoms with Crippen molar-refractivity contribution in [2.45, 2.75) is 44.0 Å². The van der Waals surface area contributed by atoms with E-state index in [1.54, 1.807) is 0 Å². The molecule has 0 aromatic heterocycles. The van der Waals surface area contributed by atoms with E-state index < -0.39 is 15.8 Å². The molecule has 1 aromatic rings. The molecule has 0 spiro atoms. The number of carbonyl (C=O) groups is 1. The van der Waals surface area contributed by atoms with Gasteiger partial charge in [0.2, 0.25) is 15.9 Å². The molecule has 0 bridgehead atoms. The Bertz CT molecular complexity index is 583. The summed E-state index contributed by atoms with van der Waals surface area (Å²) in [7, 11) is -3.72. The molecule has 7 heteroatoms. The van der Waals surface area contributed by atoms with Gasteiger partial charge in [0.1, 0.15) is 5.82 Å². The summed E-state index contributed by atoms with van der Waals surface area (Å²) < 4.78 is 38.9. The van der Waals surface area contributed by atoms with Gasteiger partial charge in [0, 0.05) is 18.5 Å². The number of benzene rings is 1. The van der Waals surface area contributed by atoms with E-state index in [1.807, 2.05) is 20.8 Å². The maximum absolute atomic E-state index is 12.8. The minimum atomic E-state index is -3.72. The molecule has 1 rings (SSSR count). The first-order chi connectivity index (χ1) is 9.66. The molecule has 1 amide bonds. The van der Waals surface area contributed by atoms with E-state index in [2.05, 4.69) is 10.0 Å². The van der Waals surface area contributed by atoms with Gasteiger partial charge in [-0.15, -0.1) is 0 Å². The molecular formula is C14H21FN2O3S. The second-order valence-corrected chi connectivity index (χ2v) is 7.15. The highest BCUT2D eigenvalue weighted by atomic mass is 32.2. The highest BCUT2D eigenvalue weighted by Gasteiger charge is 2.18. The summed E-state index contributed by atoms with van der Waals surface area (Å²) in [5, 5.41) is 2.82. The lowest BCUT2D eigenvalue weighted by Crippen LogP contribution is -2.43. The summed E-state index contributed by atoms with van der Waals surface area (Å²) in [4.78, 5) is 11.7. The van der Waals surface area contributed by atoms with Gasteiger partial charge >= 0.3 is 0 Å². The molecule has 0 unspecified atom stereocenters. The van der Waals surface area contributed by atoms with Crippen LogP contribution in [0.2, 0.25) is 0 Å². The Morgan fingerprint density at radius 1 is 1.24 bits per heavy atom. The number of amides is 1. The van der Waals surface area contributed by atoms with Crippen molar-refractivity contribution >= 4 is 15.9 Å². The number of hydrogen-bond acceptors (Lipinski definition) is 3. The van der Waals surface area contributed by atoms with Gasteiger partial charge in [-0.25, -0.2) is 17.5 Å². The van der Waals surface area contributed by atoms with Gasteiger partial charge in [-0.1, -0.05) is 6.92 Å². The monoisotopic (exact) mass is 316 g/mol. The minimum Gasteiger partial charge on any atom is -0.351 e. The molecule has 0 atom stereocenters. The van der Waals surface area contributed by atoms with Crippen molar-refractivity contribution in [2.75, 3.05) is 6.54 Å². The van der Waals surface area contributed by atoms with Crippen molar-refractivity contribution in [3.8, 4) is 0 Å². The first-order valence-corrected chi connectivity index (χ1v) is 8.21. The van der Waals surface area contributed by atoms with Crippen molar-refractivity contribution in [2.24, 2.45) is 0 Å². The molecular weight excluding hydrogens is 295 g/mol. The van der Waals surface area contributed by atoms with Crippen LogP contribution in [-0.2, 0) is 14.8 Å². The highest BCUT2D eigenvalue weighted by Crippen LogP contribution is 2.10. The molecule has 0 heterocycles. The molecule has 118 valence electrons. The molecule has 21 heavy (non-hydrogen) atoms. The third-order valence-electron chi connectivity index (χ3n) is 3.13. The van der Waals surface area contributed by atoms with E-state index in [0.717, 1.165) is 18.6 Å². The van der Waals surface area contributed by atoms with Crippen LogP contribution in [0.15, 0.2) is 29.2 Å². The lowest BCUT2D eigenvalue weighted by Gasteiger charge is -2.24. The number of rotatable bonds is 7. The zero-order valence-corrected chi connectivity index (χ0v) is 13.3. The summed E-state index contributed by atoms with van der Waals surface area (Å²) in [5.41, 5.74) is -0.313. The van der Waals surface area contributed by atoms with Crippen molar-refractivity contribution < 1.29 is 17.6 Å². The predicted molar refractivity (Wildman–Crippen MR) is 78.7 cm³/mol. The minimum absolute atomic E-state index is 0.00859. The second kappa shape index (κ2) is 7.00. The Morgan fingerprint density at radius 3 is 2.33 bits per heavy atom. The van der Waals surface area contributed by atoms with Gasteiger partial charge in [-0.3, -0.25) is 4.79 Å². The Morgan fingerprint density at radius 2 is 1.81 bits per heavy atom. The van der Waals surface area contributed by atoms with Crippen LogP contribution in [0.4, 0.5) is 4.39 Å². The number of halogens is 1. The fourth-order valence-corrected chi connectivity index (χ4v) is 2.56. The molecule has 0 aliphatic heterocycles. The molecule has 0 fully saturated rings. The Kier molecular flexibility index (Phi) is 5.86. The largest absolute Gasteiger partial charge is 0.351 e. The molecule has 0 radical (unpaired) electrons. The first-order valence-electron chi connectivity index (χ1n) is 6.72. The topological polar surface area (TPSA) is 75.3 Å². The molecule has 0 aliphatic rings. The molecule has 2 N–H and O–H groups in total. The fourth-order valence-electron chi connectivity index (χ4n) is 1.52. The Hall–Kier alpha value is -1.47. The van der Waals surface area contributed by atoms with Crippen LogP contribution in [-0.4, -0.2) is 26.4 Å². The van der Waals surface area contributed by atoms with Crippen molar-refractivity contribution in [3.63, 3.8) is 0 Å². The summed E-state index contributed by atoms with van der Waals surface area (Å²) in [6.07, 6.45) is 0.823. The van der Waals surface area contributed by atoms with Crippen LogP contribution < -0.4 is 10.0 Å². The van der Waals surface area contributed by atoms with E-state index in [-0.39, 0.29) is 29.3 Å². The van der Waals surface area contributed by atoms with E-state index in [0.29, 0.717) is 0 Å². The highest BCUT2D eigenvalue weighted by molar-refractivity contribution is 7.89. The quantitative estimate of drug-likeness (QED) is 0.805. The molecule has 0 saturated carbocycles. The second-order valence-electron chi connectivity index (χ2n) is 5.39.